The van der Waals surface area contributed by atoms with Crippen molar-refractivity contribution in [3.63, 3.8) is 0 Å². The van der Waals surface area contributed by atoms with Crippen LogP contribution in [0.25, 0.3) is 22.0 Å². The topological polar surface area (TPSA) is 50.2 Å². The summed E-state index contributed by atoms with van der Waals surface area (Å²) in [5.41, 5.74) is 2.84. The number of aromatic carboxylic acids is 1. The zero-order valence-corrected chi connectivity index (χ0v) is 11.1. The normalized spacial score (nSPS) is 10.7. The Kier molecular flexibility index (Phi) is 3.12. The second-order valence-electron chi connectivity index (χ2n) is 4.40. The van der Waals surface area contributed by atoms with Gasteiger partial charge in [-0.25, -0.2) is 4.79 Å². The molecule has 0 saturated carbocycles. The Morgan fingerprint density at radius 1 is 1.00 bits per heavy atom. The number of aromatic nitrogens is 1. The fourth-order valence-corrected chi connectivity index (χ4v) is 2.28. The van der Waals surface area contributed by atoms with Crippen molar-refractivity contribution < 1.29 is 9.90 Å². The zero-order chi connectivity index (χ0) is 14.1. The van der Waals surface area contributed by atoms with E-state index < -0.39 is 5.97 Å². The van der Waals surface area contributed by atoms with E-state index in [0.29, 0.717) is 15.9 Å². The Balaban J connectivity index is 2.21. The first-order valence-corrected chi connectivity index (χ1v) is 6.41. The average Bonchev–Trinajstić information content (AvgIpc) is 2.46. The third kappa shape index (κ3) is 2.24. The summed E-state index contributed by atoms with van der Waals surface area (Å²) >= 11 is 5.87. The van der Waals surface area contributed by atoms with Gasteiger partial charge >= 0.3 is 5.97 Å². The predicted molar refractivity (Wildman–Crippen MR) is 79.1 cm³/mol. The van der Waals surface area contributed by atoms with E-state index in [9.17, 15) is 9.90 Å². The van der Waals surface area contributed by atoms with Crippen LogP contribution in [0.3, 0.4) is 0 Å². The number of rotatable bonds is 2. The number of halogens is 1. The first-order chi connectivity index (χ1) is 9.65. The van der Waals surface area contributed by atoms with Crippen molar-refractivity contribution in [2.75, 3.05) is 0 Å². The van der Waals surface area contributed by atoms with Gasteiger partial charge in [0, 0.05) is 16.6 Å². The van der Waals surface area contributed by atoms with Crippen molar-refractivity contribution in [1.29, 1.82) is 0 Å². The van der Waals surface area contributed by atoms with E-state index >= 15 is 0 Å². The van der Waals surface area contributed by atoms with Gasteiger partial charge in [0.15, 0.2) is 0 Å². The SMILES string of the molecule is O=C(O)c1ccnc2ccc(-c3ccc(Cl)cc3)cc12. The number of carboxylic acid groups (broad SMARTS) is 1. The molecule has 2 aromatic carbocycles. The number of carboxylic acids is 1. The monoisotopic (exact) mass is 283 g/mol. The van der Waals surface area contributed by atoms with Gasteiger partial charge in [0.1, 0.15) is 0 Å². The maximum absolute atomic E-state index is 11.3. The standard InChI is InChI=1S/C16H10ClNO2/c17-12-4-1-10(2-5-12)11-3-6-15-14(9-11)13(16(19)20)7-8-18-15/h1-9H,(H,19,20). The third-order valence-corrected chi connectivity index (χ3v) is 3.40. The van der Waals surface area contributed by atoms with Crippen molar-refractivity contribution in [2.24, 2.45) is 0 Å². The molecule has 3 nitrogen and oxygen atoms in total. The van der Waals surface area contributed by atoms with E-state index in [-0.39, 0.29) is 5.56 Å². The summed E-state index contributed by atoms with van der Waals surface area (Å²) in [6.45, 7) is 0. The molecule has 0 aliphatic rings. The number of fused-ring (bicyclic) bond motifs is 1. The molecule has 0 aliphatic carbocycles. The first kappa shape index (κ1) is 12.6. The number of carbonyl (C=O) groups is 1. The van der Waals surface area contributed by atoms with Gasteiger partial charge in [0.05, 0.1) is 11.1 Å². The molecular weight excluding hydrogens is 274 g/mol. The summed E-state index contributed by atoms with van der Waals surface area (Å²) in [5.74, 6) is -0.953. The maximum atomic E-state index is 11.3. The molecule has 1 aromatic heterocycles. The van der Waals surface area contributed by atoms with Gasteiger partial charge in [-0.1, -0.05) is 29.8 Å². The Morgan fingerprint density at radius 3 is 2.40 bits per heavy atom. The number of hydrogen-bond donors (Lipinski definition) is 1. The highest BCUT2D eigenvalue weighted by atomic mass is 35.5. The third-order valence-electron chi connectivity index (χ3n) is 3.15. The molecule has 0 unspecified atom stereocenters. The van der Waals surface area contributed by atoms with Crippen LogP contribution in [0, 0.1) is 0 Å². The number of benzene rings is 2. The summed E-state index contributed by atoms with van der Waals surface area (Å²) in [4.78, 5) is 15.5. The van der Waals surface area contributed by atoms with Crippen molar-refractivity contribution in [3.8, 4) is 11.1 Å². The molecule has 0 aliphatic heterocycles. The Bertz CT molecular complexity index is 797. The lowest BCUT2D eigenvalue weighted by molar-refractivity contribution is 0.0699. The second-order valence-corrected chi connectivity index (χ2v) is 4.84. The van der Waals surface area contributed by atoms with Crippen LogP contribution < -0.4 is 0 Å². The molecule has 0 atom stereocenters. The van der Waals surface area contributed by atoms with Crippen LogP contribution in [-0.2, 0) is 0 Å². The van der Waals surface area contributed by atoms with E-state index in [1.165, 1.54) is 12.3 Å². The summed E-state index contributed by atoms with van der Waals surface area (Å²) in [6, 6.07) is 14.5. The Labute approximate surface area is 120 Å². The fraction of sp³-hybridized carbons (Fsp3) is 0. The smallest absolute Gasteiger partial charge is 0.336 e. The van der Waals surface area contributed by atoms with Crippen LogP contribution in [0.15, 0.2) is 54.7 Å². The largest absolute Gasteiger partial charge is 0.478 e. The van der Waals surface area contributed by atoms with Gasteiger partial charge in [0.2, 0.25) is 0 Å². The van der Waals surface area contributed by atoms with Crippen molar-refractivity contribution in [1.82, 2.24) is 4.98 Å². The molecule has 3 rings (SSSR count). The van der Waals surface area contributed by atoms with Crippen molar-refractivity contribution >= 4 is 28.5 Å². The number of pyridine rings is 1. The summed E-state index contributed by atoms with van der Waals surface area (Å²) in [5, 5.41) is 10.5. The molecule has 0 amide bonds. The molecule has 0 fully saturated rings. The molecule has 20 heavy (non-hydrogen) atoms. The van der Waals surface area contributed by atoms with E-state index in [0.717, 1.165) is 11.1 Å². The quantitative estimate of drug-likeness (QED) is 0.765. The van der Waals surface area contributed by atoms with Crippen molar-refractivity contribution in [3.05, 3.63) is 65.3 Å². The highest BCUT2D eigenvalue weighted by molar-refractivity contribution is 6.30. The van der Waals surface area contributed by atoms with Gasteiger partial charge in [-0.05, 0) is 41.5 Å². The molecule has 0 saturated heterocycles. The van der Waals surface area contributed by atoms with E-state index in [4.69, 9.17) is 11.6 Å². The Hall–Kier alpha value is -2.39. The molecule has 4 heteroatoms. The summed E-state index contributed by atoms with van der Waals surface area (Å²) in [6.07, 6.45) is 1.51. The van der Waals surface area contributed by atoms with Gasteiger partial charge in [-0.3, -0.25) is 4.98 Å². The minimum Gasteiger partial charge on any atom is -0.478 e. The van der Waals surface area contributed by atoms with E-state index in [1.807, 2.05) is 42.5 Å². The van der Waals surface area contributed by atoms with Crippen LogP contribution in [0.2, 0.25) is 5.02 Å². The minimum atomic E-state index is -0.953. The average molecular weight is 284 g/mol. The van der Waals surface area contributed by atoms with Crippen LogP contribution in [0.5, 0.6) is 0 Å². The summed E-state index contributed by atoms with van der Waals surface area (Å²) in [7, 11) is 0. The van der Waals surface area contributed by atoms with Crippen LogP contribution in [0.4, 0.5) is 0 Å². The van der Waals surface area contributed by atoms with E-state index in [1.54, 1.807) is 0 Å². The van der Waals surface area contributed by atoms with Crippen molar-refractivity contribution in [2.45, 2.75) is 0 Å². The lowest BCUT2D eigenvalue weighted by atomic mass is 10.0. The number of nitrogens with zero attached hydrogens (tertiary/aromatic N) is 1. The highest BCUT2D eigenvalue weighted by Crippen LogP contribution is 2.26. The zero-order valence-electron chi connectivity index (χ0n) is 10.4. The predicted octanol–water partition coefficient (Wildman–Crippen LogP) is 4.25. The molecular formula is C16H10ClNO2. The maximum Gasteiger partial charge on any atom is 0.336 e. The van der Waals surface area contributed by atoms with Gasteiger partial charge in [0.25, 0.3) is 0 Å². The van der Waals surface area contributed by atoms with E-state index in [2.05, 4.69) is 4.98 Å². The van der Waals surface area contributed by atoms with Crippen LogP contribution in [0.1, 0.15) is 10.4 Å². The van der Waals surface area contributed by atoms with Gasteiger partial charge < -0.3 is 5.11 Å². The molecule has 0 radical (unpaired) electrons. The Morgan fingerprint density at radius 2 is 1.70 bits per heavy atom. The van der Waals surface area contributed by atoms with Crippen LogP contribution in [-0.4, -0.2) is 16.1 Å². The fourth-order valence-electron chi connectivity index (χ4n) is 2.15. The lowest BCUT2D eigenvalue weighted by Gasteiger charge is -2.06. The lowest BCUT2D eigenvalue weighted by Crippen LogP contribution is -1.98. The molecule has 1 heterocycles. The second kappa shape index (κ2) is 4.94. The van der Waals surface area contributed by atoms with Gasteiger partial charge in [-0.15, -0.1) is 0 Å². The molecule has 1 N–H and O–H groups in total. The highest BCUT2D eigenvalue weighted by Gasteiger charge is 2.09. The summed E-state index contributed by atoms with van der Waals surface area (Å²) < 4.78 is 0. The minimum absolute atomic E-state index is 0.255. The van der Waals surface area contributed by atoms with Gasteiger partial charge in [-0.2, -0.15) is 0 Å². The van der Waals surface area contributed by atoms with Crippen LogP contribution >= 0.6 is 11.6 Å². The molecule has 0 spiro atoms. The molecule has 3 aromatic rings. The molecule has 98 valence electrons. The molecule has 0 bridgehead atoms. The number of hydrogen-bond acceptors (Lipinski definition) is 2. The first-order valence-electron chi connectivity index (χ1n) is 6.03.